The van der Waals surface area contributed by atoms with Crippen LogP contribution in [0.15, 0.2) is 30.6 Å². The minimum atomic E-state index is -0.455. The Hall–Kier alpha value is -2.70. The van der Waals surface area contributed by atoms with E-state index in [-0.39, 0.29) is 18.0 Å². The zero-order chi connectivity index (χ0) is 14.5. The first-order chi connectivity index (χ1) is 9.60. The van der Waals surface area contributed by atoms with Gasteiger partial charge in [-0.1, -0.05) is 13.0 Å². The zero-order valence-electron chi connectivity index (χ0n) is 10.9. The fraction of sp³-hybridized carbons (Fsp3) is 0.231. The van der Waals surface area contributed by atoms with Crippen molar-refractivity contribution in [3.8, 4) is 5.75 Å². The molecule has 0 aliphatic rings. The Bertz CT molecular complexity index is 614. The van der Waals surface area contributed by atoms with Crippen molar-refractivity contribution >= 4 is 11.5 Å². The molecule has 0 bridgehead atoms. The van der Waals surface area contributed by atoms with Gasteiger partial charge >= 0.3 is 5.69 Å². The first kappa shape index (κ1) is 13.7. The molecule has 0 amide bonds. The number of anilines is 1. The van der Waals surface area contributed by atoms with Crippen LogP contribution in [0, 0.1) is 10.1 Å². The lowest BCUT2D eigenvalue weighted by Crippen LogP contribution is -2.03. The van der Waals surface area contributed by atoms with Gasteiger partial charge in [-0.3, -0.25) is 15.1 Å². The minimum absolute atomic E-state index is 0.0484. The SMILES string of the molecule is CCc1ccc(OCc2cnc(N)cn2)c([N+](=O)[O-])c1. The molecule has 0 saturated carbocycles. The third-order valence-corrected chi connectivity index (χ3v) is 2.73. The molecule has 0 aliphatic heterocycles. The molecule has 0 radical (unpaired) electrons. The lowest BCUT2D eigenvalue weighted by atomic mass is 10.1. The highest BCUT2D eigenvalue weighted by Crippen LogP contribution is 2.28. The van der Waals surface area contributed by atoms with Crippen molar-refractivity contribution in [3.05, 3.63) is 52.0 Å². The Balaban J connectivity index is 2.16. The summed E-state index contributed by atoms with van der Waals surface area (Å²) in [5, 5.41) is 11.0. The van der Waals surface area contributed by atoms with Crippen molar-refractivity contribution in [1.29, 1.82) is 0 Å². The van der Waals surface area contributed by atoms with E-state index in [0.29, 0.717) is 11.5 Å². The number of nitrogens with zero attached hydrogens (tertiary/aromatic N) is 3. The highest BCUT2D eigenvalue weighted by atomic mass is 16.6. The average molecular weight is 274 g/mol. The van der Waals surface area contributed by atoms with Crippen molar-refractivity contribution in [2.45, 2.75) is 20.0 Å². The predicted octanol–water partition coefficient (Wildman–Crippen LogP) is 2.11. The number of nitrogens with two attached hydrogens (primary N) is 1. The van der Waals surface area contributed by atoms with Crippen LogP contribution >= 0.6 is 0 Å². The molecule has 0 fully saturated rings. The maximum Gasteiger partial charge on any atom is 0.311 e. The molecule has 7 nitrogen and oxygen atoms in total. The van der Waals surface area contributed by atoms with Gasteiger partial charge in [-0.2, -0.15) is 0 Å². The quantitative estimate of drug-likeness (QED) is 0.661. The number of nitrogen functional groups attached to an aromatic ring is 1. The van der Waals surface area contributed by atoms with E-state index in [1.807, 2.05) is 6.92 Å². The molecule has 0 spiro atoms. The van der Waals surface area contributed by atoms with Crippen molar-refractivity contribution in [2.75, 3.05) is 5.73 Å². The summed E-state index contributed by atoms with van der Waals surface area (Å²) < 4.78 is 5.44. The summed E-state index contributed by atoms with van der Waals surface area (Å²) in [6.45, 7) is 2.03. The Kier molecular flexibility index (Phi) is 4.09. The van der Waals surface area contributed by atoms with Crippen LogP contribution in [0.4, 0.5) is 11.5 Å². The Morgan fingerprint density at radius 3 is 2.75 bits per heavy atom. The number of nitro benzene ring substituents is 1. The van der Waals surface area contributed by atoms with E-state index in [0.717, 1.165) is 12.0 Å². The van der Waals surface area contributed by atoms with Crippen LogP contribution in [0.25, 0.3) is 0 Å². The molecule has 1 aromatic heterocycles. The van der Waals surface area contributed by atoms with E-state index in [4.69, 9.17) is 10.5 Å². The van der Waals surface area contributed by atoms with Crippen LogP contribution in [0.1, 0.15) is 18.2 Å². The van der Waals surface area contributed by atoms with Crippen LogP contribution in [0.5, 0.6) is 5.75 Å². The van der Waals surface area contributed by atoms with E-state index < -0.39 is 4.92 Å². The Morgan fingerprint density at radius 1 is 1.35 bits per heavy atom. The second-order valence-electron chi connectivity index (χ2n) is 4.13. The molecule has 104 valence electrons. The molecule has 1 heterocycles. The largest absolute Gasteiger partial charge is 0.480 e. The van der Waals surface area contributed by atoms with Gasteiger partial charge in [-0.25, -0.2) is 4.98 Å². The lowest BCUT2D eigenvalue weighted by Gasteiger charge is -2.07. The molecule has 0 unspecified atom stereocenters. The normalized spacial score (nSPS) is 10.2. The monoisotopic (exact) mass is 274 g/mol. The van der Waals surface area contributed by atoms with E-state index in [9.17, 15) is 10.1 Å². The summed E-state index contributed by atoms with van der Waals surface area (Å²) in [6.07, 6.45) is 3.61. The van der Waals surface area contributed by atoms with Gasteiger partial charge in [0, 0.05) is 6.07 Å². The second kappa shape index (κ2) is 5.96. The Morgan fingerprint density at radius 2 is 2.15 bits per heavy atom. The number of hydrogen-bond acceptors (Lipinski definition) is 6. The molecular weight excluding hydrogens is 260 g/mol. The first-order valence-electron chi connectivity index (χ1n) is 6.06. The van der Waals surface area contributed by atoms with Gasteiger partial charge in [0.05, 0.1) is 23.0 Å². The molecule has 20 heavy (non-hydrogen) atoms. The summed E-state index contributed by atoms with van der Waals surface area (Å²) in [5.41, 5.74) is 6.81. The van der Waals surface area contributed by atoms with Crippen LogP contribution in [-0.4, -0.2) is 14.9 Å². The predicted molar refractivity (Wildman–Crippen MR) is 73.3 cm³/mol. The van der Waals surface area contributed by atoms with Crippen molar-refractivity contribution in [1.82, 2.24) is 9.97 Å². The molecule has 1 aromatic carbocycles. The van der Waals surface area contributed by atoms with E-state index in [1.165, 1.54) is 18.5 Å². The highest BCUT2D eigenvalue weighted by Gasteiger charge is 2.15. The number of hydrogen-bond donors (Lipinski definition) is 1. The van der Waals surface area contributed by atoms with Gasteiger partial charge in [0.2, 0.25) is 0 Å². The number of aromatic nitrogens is 2. The fourth-order valence-corrected chi connectivity index (χ4v) is 1.64. The smallest absolute Gasteiger partial charge is 0.311 e. The van der Waals surface area contributed by atoms with Gasteiger partial charge in [0.1, 0.15) is 12.4 Å². The molecule has 7 heteroatoms. The third kappa shape index (κ3) is 3.19. The Labute approximate surface area is 115 Å². The van der Waals surface area contributed by atoms with E-state index >= 15 is 0 Å². The molecule has 0 aliphatic carbocycles. The van der Waals surface area contributed by atoms with Crippen LogP contribution < -0.4 is 10.5 Å². The van der Waals surface area contributed by atoms with Crippen LogP contribution in [0.2, 0.25) is 0 Å². The van der Waals surface area contributed by atoms with Gasteiger partial charge in [-0.15, -0.1) is 0 Å². The average Bonchev–Trinajstić information content (AvgIpc) is 2.46. The van der Waals surface area contributed by atoms with Crippen molar-refractivity contribution in [3.63, 3.8) is 0 Å². The van der Waals surface area contributed by atoms with Gasteiger partial charge in [-0.05, 0) is 18.1 Å². The highest BCUT2D eigenvalue weighted by molar-refractivity contribution is 5.48. The van der Waals surface area contributed by atoms with Crippen LogP contribution in [-0.2, 0) is 13.0 Å². The lowest BCUT2D eigenvalue weighted by molar-refractivity contribution is -0.386. The maximum atomic E-state index is 11.0. The summed E-state index contributed by atoms with van der Waals surface area (Å²) >= 11 is 0. The summed E-state index contributed by atoms with van der Waals surface area (Å²) in [6, 6.07) is 4.92. The zero-order valence-corrected chi connectivity index (χ0v) is 10.9. The standard InChI is InChI=1S/C13H14N4O3/c1-2-9-3-4-12(11(5-9)17(18)19)20-8-10-6-16-13(14)7-15-10/h3-7H,2,8H2,1H3,(H2,14,16). The number of rotatable bonds is 5. The topological polar surface area (TPSA) is 104 Å². The number of aryl methyl sites for hydroxylation is 1. The summed E-state index contributed by atoms with van der Waals surface area (Å²) in [4.78, 5) is 18.5. The number of nitro groups is 1. The van der Waals surface area contributed by atoms with Gasteiger partial charge in [0.15, 0.2) is 5.75 Å². The summed E-state index contributed by atoms with van der Waals surface area (Å²) in [7, 11) is 0. The molecule has 2 N–H and O–H groups in total. The maximum absolute atomic E-state index is 11.0. The minimum Gasteiger partial charge on any atom is -0.480 e. The van der Waals surface area contributed by atoms with Crippen LogP contribution in [0.3, 0.4) is 0 Å². The third-order valence-electron chi connectivity index (χ3n) is 2.73. The van der Waals surface area contributed by atoms with Crippen molar-refractivity contribution in [2.24, 2.45) is 0 Å². The molecule has 0 atom stereocenters. The first-order valence-corrected chi connectivity index (χ1v) is 6.06. The molecule has 2 aromatic rings. The molecular formula is C13H14N4O3. The number of ether oxygens (including phenoxy) is 1. The second-order valence-corrected chi connectivity index (χ2v) is 4.13. The van der Waals surface area contributed by atoms with Gasteiger partial charge < -0.3 is 10.5 Å². The van der Waals surface area contributed by atoms with E-state index in [1.54, 1.807) is 12.1 Å². The van der Waals surface area contributed by atoms with Gasteiger partial charge in [0.25, 0.3) is 0 Å². The molecule has 2 rings (SSSR count). The fourth-order valence-electron chi connectivity index (χ4n) is 1.64. The number of benzene rings is 1. The van der Waals surface area contributed by atoms with Crippen molar-refractivity contribution < 1.29 is 9.66 Å². The summed E-state index contributed by atoms with van der Waals surface area (Å²) in [5.74, 6) is 0.526. The molecule has 0 saturated heterocycles. The van der Waals surface area contributed by atoms with E-state index in [2.05, 4.69) is 9.97 Å².